The number of likely N-dealkylation sites (tertiary alicyclic amines) is 1. The highest BCUT2D eigenvalue weighted by Crippen LogP contribution is 2.55. The van der Waals surface area contributed by atoms with E-state index in [9.17, 15) is 14.7 Å². The second-order valence-electron chi connectivity index (χ2n) is 9.92. The molecule has 8 nitrogen and oxygen atoms in total. The molecule has 0 unspecified atom stereocenters. The van der Waals surface area contributed by atoms with Crippen molar-refractivity contribution in [2.45, 2.75) is 31.9 Å². The number of pyridine rings is 1. The maximum Gasteiger partial charge on any atom is 0.268 e. The smallest absolute Gasteiger partial charge is 0.268 e. The fraction of sp³-hybridized carbons (Fsp3) is 0.286. The zero-order valence-electron chi connectivity index (χ0n) is 20.3. The zero-order valence-corrected chi connectivity index (χ0v) is 21.1. The largest absolute Gasteiger partial charge is 0.392 e. The molecule has 1 spiro atoms. The van der Waals surface area contributed by atoms with Gasteiger partial charge in [-0.2, -0.15) is 0 Å². The second kappa shape index (κ2) is 9.24. The third kappa shape index (κ3) is 4.24. The summed E-state index contributed by atoms with van der Waals surface area (Å²) in [6, 6.07) is 13.5. The number of aliphatic hydroxyl groups excluding tert-OH is 1. The molecule has 1 aliphatic carbocycles. The number of nitrogens with zero attached hydrogens (tertiary/aromatic N) is 4. The molecule has 0 bridgehead atoms. The fourth-order valence-corrected chi connectivity index (χ4v) is 6.59. The maximum atomic E-state index is 13.3. The first kappa shape index (κ1) is 23.6. The molecule has 0 atom stereocenters. The van der Waals surface area contributed by atoms with Crippen LogP contribution in [0.25, 0.3) is 21.5 Å². The van der Waals surface area contributed by atoms with Crippen molar-refractivity contribution >= 4 is 40.1 Å². The number of thiophene rings is 1. The van der Waals surface area contributed by atoms with Crippen LogP contribution in [-0.4, -0.2) is 49.4 Å². The van der Waals surface area contributed by atoms with Crippen molar-refractivity contribution in [3.8, 4) is 10.4 Å². The molecule has 2 N–H and O–H groups in total. The van der Waals surface area contributed by atoms with Gasteiger partial charge in [0.25, 0.3) is 5.91 Å². The van der Waals surface area contributed by atoms with Gasteiger partial charge < -0.3 is 14.6 Å². The van der Waals surface area contributed by atoms with Gasteiger partial charge in [0.2, 0.25) is 11.9 Å². The van der Waals surface area contributed by atoms with Crippen molar-refractivity contribution in [1.82, 2.24) is 19.4 Å². The van der Waals surface area contributed by atoms with Crippen molar-refractivity contribution in [3.05, 3.63) is 78.0 Å². The predicted molar refractivity (Wildman–Crippen MR) is 143 cm³/mol. The standard InChI is InChI=1S/C28H27N5O3S/c1-2-25(35)32-11-9-28(17-32)13-20(14-28)33-22-6-5-18(16-34)12-21(22)30-27(33)31-26(36)24-8-7-23(37-24)19-4-3-10-29-15-19/h2-8,10,12,15,20,34H,1,9,11,13-14,16-17H2,(H,30,31,36). The molecule has 4 heterocycles. The number of carbonyl (C=O) groups is 2. The third-order valence-electron chi connectivity index (χ3n) is 7.56. The molecule has 37 heavy (non-hydrogen) atoms. The predicted octanol–water partition coefficient (Wildman–Crippen LogP) is 4.64. The topological polar surface area (TPSA) is 100 Å². The molecule has 1 saturated heterocycles. The van der Waals surface area contributed by atoms with Crippen LogP contribution in [0, 0.1) is 5.41 Å². The van der Waals surface area contributed by atoms with E-state index in [1.165, 1.54) is 17.4 Å². The lowest BCUT2D eigenvalue weighted by Gasteiger charge is -2.46. The molecule has 2 amide bonds. The van der Waals surface area contributed by atoms with Crippen LogP contribution < -0.4 is 5.32 Å². The number of nitrogens with one attached hydrogen (secondary N) is 1. The number of benzene rings is 1. The molecule has 4 aromatic rings. The SMILES string of the molecule is C=CC(=O)N1CCC2(CC(n3c(NC(=O)c4ccc(-c5cccnc5)s4)nc4cc(CO)ccc43)C2)C1. The first-order chi connectivity index (χ1) is 18.0. The maximum absolute atomic E-state index is 13.3. The van der Waals surface area contributed by atoms with E-state index in [2.05, 4.69) is 21.4 Å². The average Bonchev–Trinajstić information content (AvgIpc) is 3.64. The van der Waals surface area contributed by atoms with Gasteiger partial charge in [-0.3, -0.25) is 19.9 Å². The minimum atomic E-state index is -0.211. The van der Waals surface area contributed by atoms with Gasteiger partial charge in [0, 0.05) is 42.0 Å². The summed E-state index contributed by atoms with van der Waals surface area (Å²) in [6.07, 6.45) is 7.68. The Balaban J connectivity index is 1.27. The Kier molecular flexibility index (Phi) is 5.89. The Labute approximate surface area is 218 Å². The lowest BCUT2D eigenvalue weighted by molar-refractivity contribution is -0.125. The number of anilines is 1. The monoisotopic (exact) mass is 513 g/mol. The first-order valence-corrected chi connectivity index (χ1v) is 13.1. The number of imidazole rings is 1. The van der Waals surface area contributed by atoms with Crippen LogP contribution in [0.1, 0.15) is 40.5 Å². The Morgan fingerprint density at radius 1 is 1.24 bits per heavy atom. The van der Waals surface area contributed by atoms with Crippen LogP contribution in [0.5, 0.6) is 0 Å². The summed E-state index contributed by atoms with van der Waals surface area (Å²) in [5.41, 5.74) is 3.49. The highest BCUT2D eigenvalue weighted by Gasteiger charge is 2.50. The van der Waals surface area contributed by atoms with Crippen LogP contribution in [0.3, 0.4) is 0 Å². The first-order valence-electron chi connectivity index (χ1n) is 12.3. The minimum Gasteiger partial charge on any atom is -0.392 e. The van der Waals surface area contributed by atoms with E-state index in [0.717, 1.165) is 59.4 Å². The van der Waals surface area contributed by atoms with Crippen LogP contribution in [0.15, 0.2) is 67.5 Å². The lowest BCUT2D eigenvalue weighted by atomic mass is 9.64. The quantitative estimate of drug-likeness (QED) is 0.366. The van der Waals surface area contributed by atoms with Crippen molar-refractivity contribution in [2.75, 3.05) is 18.4 Å². The highest BCUT2D eigenvalue weighted by molar-refractivity contribution is 7.17. The van der Waals surface area contributed by atoms with Crippen LogP contribution >= 0.6 is 11.3 Å². The summed E-state index contributed by atoms with van der Waals surface area (Å²) in [4.78, 5) is 37.8. The molecule has 0 radical (unpaired) electrons. The molecular formula is C28H27N5O3S. The van der Waals surface area contributed by atoms with Gasteiger partial charge in [-0.1, -0.05) is 18.7 Å². The third-order valence-corrected chi connectivity index (χ3v) is 8.70. The number of fused-ring (bicyclic) bond motifs is 1. The number of aromatic nitrogens is 3. The molecule has 6 rings (SSSR count). The number of carbonyl (C=O) groups excluding carboxylic acids is 2. The van der Waals surface area contributed by atoms with E-state index in [4.69, 9.17) is 4.98 Å². The number of hydrogen-bond donors (Lipinski definition) is 2. The molecule has 2 fully saturated rings. The van der Waals surface area contributed by atoms with Gasteiger partial charge in [-0.05, 0) is 66.6 Å². The minimum absolute atomic E-state index is 0.0144. The Morgan fingerprint density at radius 3 is 2.86 bits per heavy atom. The molecule has 9 heteroatoms. The van der Waals surface area contributed by atoms with Gasteiger partial charge in [-0.15, -0.1) is 11.3 Å². The fourth-order valence-electron chi connectivity index (χ4n) is 5.70. The summed E-state index contributed by atoms with van der Waals surface area (Å²) in [5, 5.41) is 12.7. The Hall–Kier alpha value is -3.82. The van der Waals surface area contributed by atoms with Gasteiger partial charge in [0.05, 0.1) is 22.5 Å². The molecule has 1 saturated carbocycles. The van der Waals surface area contributed by atoms with Crippen molar-refractivity contribution in [3.63, 3.8) is 0 Å². The van der Waals surface area contributed by atoms with Gasteiger partial charge in [0.15, 0.2) is 0 Å². The number of hydrogen-bond acceptors (Lipinski definition) is 6. The van der Waals surface area contributed by atoms with E-state index in [-0.39, 0.29) is 29.9 Å². The van der Waals surface area contributed by atoms with Crippen molar-refractivity contribution in [2.24, 2.45) is 5.41 Å². The lowest BCUT2D eigenvalue weighted by Crippen LogP contribution is -2.42. The highest BCUT2D eigenvalue weighted by atomic mass is 32.1. The van der Waals surface area contributed by atoms with Crippen molar-refractivity contribution in [1.29, 1.82) is 0 Å². The van der Waals surface area contributed by atoms with E-state index in [0.29, 0.717) is 10.8 Å². The Bertz CT molecular complexity index is 1500. The summed E-state index contributed by atoms with van der Waals surface area (Å²) in [5.74, 6) is 0.277. The molecule has 3 aromatic heterocycles. The molecular weight excluding hydrogens is 486 g/mol. The molecule has 1 aromatic carbocycles. The van der Waals surface area contributed by atoms with E-state index in [1.807, 2.05) is 47.4 Å². The van der Waals surface area contributed by atoms with E-state index >= 15 is 0 Å². The second-order valence-corrected chi connectivity index (χ2v) is 11.0. The molecule has 1 aliphatic heterocycles. The number of aliphatic hydroxyl groups is 1. The molecule has 2 aliphatic rings. The summed E-state index contributed by atoms with van der Waals surface area (Å²) in [7, 11) is 0. The summed E-state index contributed by atoms with van der Waals surface area (Å²) in [6.45, 7) is 5.04. The zero-order chi connectivity index (χ0) is 25.6. The van der Waals surface area contributed by atoms with Crippen LogP contribution in [-0.2, 0) is 11.4 Å². The van der Waals surface area contributed by atoms with E-state index < -0.39 is 0 Å². The number of rotatable bonds is 6. The normalized spacial score (nSPS) is 20.8. The number of amides is 2. The van der Waals surface area contributed by atoms with Gasteiger partial charge in [0.1, 0.15) is 0 Å². The van der Waals surface area contributed by atoms with Crippen molar-refractivity contribution < 1.29 is 14.7 Å². The van der Waals surface area contributed by atoms with Gasteiger partial charge >= 0.3 is 0 Å². The summed E-state index contributed by atoms with van der Waals surface area (Å²) < 4.78 is 2.12. The van der Waals surface area contributed by atoms with Crippen LogP contribution in [0.4, 0.5) is 5.95 Å². The molecule has 188 valence electrons. The Morgan fingerprint density at radius 2 is 2.11 bits per heavy atom. The van der Waals surface area contributed by atoms with E-state index in [1.54, 1.807) is 12.4 Å². The van der Waals surface area contributed by atoms with Crippen LogP contribution in [0.2, 0.25) is 0 Å². The summed E-state index contributed by atoms with van der Waals surface area (Å²) >= 11 is 1.41. The van der Waals surface area contributed by atoms with Gasteiger partial charge in [-0.25, -0.2) is 4.98 Å². The average molecular weight is 514 g/mol.